The zero-order chi connectivity index (χ0) is 13.5. The molecule has 1 aliphatic rings. The van der Waals surface area contributed by atoms with E-state index in [9.17, 15) is 23.1 Å². The Kier molecular flexibility index (Phi) is 3.22. The molecule has 0 aromatic carbocycles. The Morgan fingerprint density at radius 1 is 1.44 bits per heavy atom. The zero-order valence-electron chi connectivity index (χ0n) is 9.76. The van der Waals surface area contributed by atoms with Gasteiger partial charge in [0.2, 0.25) is 0 Å². The van der Waals surface area contributed by atoms with Crippen LogP contribution in [0.4, 0.5) is 13.2 Å². The number of nitrogens with zero attached hydrogens (tertiary/aromatic N) is 3. The second-order valence-corrected chi connectivity index (χ2v) is 4.65. The van der Waals surface area contributed by atoms with Gasteiger partial charge in [-0.2, -0.15) is 18.3 Å². The number of aliphatic hydroxyl groups is 1. The van der Waals surface area contributed by atoms with Crippen molar-refractivity contribution in [3.63, 3.8) is 0 Å². The lowest BCUT2D eigenvalue weighted by atomic mass is 9.82. The van der Waals surface area contributed by atoms with Crippen molar-refractivity contribution in [2.45, 2.75) is 37.6 Å². The van der Waals surface area contributed by atoms with E-state index in [0.717, 1.165) is 9.25 Å². The molecule has 1 N–H and O–H groups in total. The Labute approximate surface area is 101 Å². The molecule has 18 heavy (non-hydrogen) atoms. The van der Waals surface area contributed by atoms with Crippen LogP contribution < -0.4 is 5.69 Å². The summed E-state index contributed by atoms with van der Waals surface area (Å²) in [6.45, 7) is 0. The first-order chi connectivity index (χ1) is 8.30. The van der Waals surface area contributed by atoms with E-state index in [4.69, 9.17) is 0 Å². The molecule has 1 aliphatic carbocycles. The maximum Gasteiger partial charge on any atom is 0.393 e. The topological polar surface area (TPSA) is 60.1 Å². The third kappa shape index (κ3) is 2.29. The van der Waals surface area contributed by atoms with Crippen LogP contribution in [0.3, 0.4) is 0 Å². The van der Waals surface area contributed by atoms with Crippen molar-refractivity contribution in [1.29, 1.82) is 0 Å². The van der Waals surface area contributed by atoms with Gasteiger partial charge in [0.25, 0.3) is 0 Å². The zero-order valence-corrected chi connectivity index (χ0v) is 9.76. The molecular formula is C10H14F3N3O2. The number of alkyl halides is 3. The standard InChI is InChI=1S/C10H14F3N3O2/c1-15-5-14-16(9(15)18)8-4-6(17)2-3-7(8)10(11,12)13/h5-8,17H,2-4H2,1H3. The highest BCUT2D eigenvalue weighted by Gasteiger charge is 2.48. The van der Waals surface area contributed by atoms with Gasteiger partial charge in [-0.3, -0.25) is 4.57 Å². The molecular weight excluding hydrogens is 251 g/mol. The van der Waals surface area contributed by atoms with Crippen LogP contribution >= 0.6 is 0 Å². The molecule has 1 fully saturated rings. The lowest BCUT2D eigenvalue weighted by Gasteiger charge is -2.34. The van der Waals surface area contributed by atoms with Crippen molar-refractivity contribution < 1.29 is 18.3 Å². The van der Waals surface area contributed by atoms with Crippen molar-refractivity contribution >= 4 is 0 Å². The average Bonchev–Trinajstić information content (AvgIpc) is 2.58. The fourth-order valence-corrected chi connectivity index (χ4v) is 2.40. The molecule has 0 bridgehead atoms. The molecule has 102 valence electrons. The Balaban J connectivity index is 2.37. The van der Waals surface area contributed by atoms with E-state index < -0.39 is 29.9 Å². The van der Waals surface area contributed by atoms with E-state index in [0.29, 0.717) is 0 Å². The van der Waals surface area contributed by atoms with Gasteiger partial charge in [0.15, 0.2) is 0 Å². The van der Waals surface area contributed by atoms with Crippen LogP contribution in [0.2, 0.25) is 0 Å². The maximum absolute atomic E-state index is 12.9. The maximum atomic E-state index is 12.9. The molecule has 5 nitrogen and oxygen atoms in total. The first-order valence-corrected chi connectivity index (χ1v) is 5.65. The average molecular weight is 265 g/mol. The molecule has 1 heterocycles. The summed E-state index contributed by atoms with van der Waals surface area (Å²) in [6.07, 6.45) is -4.21. The molecule has 0 radical (unpaired) electrons. The Morgan fingerprint density at radius 3 is 2.61 bits per heavy atom. The van der Waals surface area contributed by atoms with E-state index >= 15 is 0 Å². The second kappa shape index (κ2) is 4.42. The van der Waals surface area contributed by atoms with Crippen molar-refractivity contribution in [2.75, 3.05) is 0 Å². The Bertz CT molecular complexity index is 479. The number of hydrogen-bond donors (Lipinski definition) is 1. The second-order valence-electron chi connectivity index (χ2n) is 4.65. The van der Waals surface area contributed by atoms with E-state index in [1.807, 2.05) is 0 Å². The van der Waals surface area contributed by atoms with Gasteiger partial charge < -0.3 is 5.11 Å². The van der Waals surface area contributed by atoms with Gasteiger partial charge in [0, 0.05) is 7.05 Å². The highest BCUT2D eigenvalue weighted by atomic mass is 19.4. The molecule has 1 saturated carbocycles. The van der Waals surface area contributed by atoms with E-state index in [2.05, 4.69) is 5.10 Å². The van der Waals surface area contributed by atoms with Crippen LogP contribution in [-0.4, -0.2) is 31.7 Å². The molecule has 3 atom stereocenters. The largest absolute Gasteiger partial charge is 0.393 e. The van der Waals surface area contributed by atoms with Crippen LogP contribution in [0.5, 0.6) is 0 Å². The first kappa shape index (κ1) is 13.1. The molecule has 1 aromatic heterocycles. The minimum absolute atomic E-state index is 0.0961. The Hall–Kier alpha value is -1.31. The molecule has 2 rings (SSSR count). The van der Waals surface area contributed by atoms with Gasteiger partial charge in [0.1, 0.15) is 6.33 Å². The fraction of sp³-hybridized carbons (Fsp3) is 0.800. The molecule has 0 amide bonds. The summed E-state index contributed by atoms with van der Waals surface area (Å²) in [5, 5.41) is 13.2. The minimum atomic E-state index is -4.39. The summed E-state index contributed by atoms with van der Waals surface area (Å²) in [6, 6.07) is -1.12. The van der Waals surface area contributed by atoms with E-state index in [1.165, 1.54) is 13.4 Å². The Morgan fingerprint density at radius 2 is 2.11 bits per heavy atom. The molecule has 0 aliphatic heterocycles. The number of aliphatic hydroxyl groups excluding tert-OH is 1. The van der Waals surface area contributed by atoms with Gasteiger partial charge in [-0.15, -0.1) is 0 Å². The molecule has 0 spiro atoms. The van der Waals surface area contributed by atoms with E-state index in [-0.39, 0.29) is 19.3 Å². The number of rotatable bonds is 1. The molecule has 1 aromatic rings. The lowest BCUT2D eigenvalue weighted by Crippen LogP contribution is -2.42. The van der Waals surface area contributed by atoms with Gasteiger partial charge in [0.05, 0.1) is 18.1 Å². The quantitative estimate of drug-likeness (QED) is 0.818. The normalized spacial score (nSPS) is 29.5. The van der Waals surface area contributed by atoms with Crippen molar-refractivity contribution in [3.05, 3.63) is 16.8 Å². The van der Waals surface area contributed by atoms with Gasteiger partial charge in [-0.05, 0) is 19.3 Å². The summed E-state index contributed by atoms with van der Waals surface area (Å²) < 4.78 is 40.7. The van der Waals surface area contributed by atoms with Gasteiger partial charge in [-0.1, -0.05) is 0 Å². The highest BCUT2D eigenvalue weighted by Crippen LogP contribution is 2.43. The van der Waals surface area contributed by atoms with E-state index in [1.54, 1.807) is 0 Å². The summed E-state index contributed by atoms with van der Waals surface area (Å²) >= 11 is 0. The molecule has 3 unspecified atom stereocenters. The van der Waals surface area contributed by atoms with Crippen molar-refractivity contribution in [1.82, 2.24) is 14.3 Å². The summed E-state index contributed by atoms with van der Waals surface area (Å²) in [5.41, 5.74) is -0.594. The number of halogens is 3. The van der Waals surface area contributed by atoms with Crippen molar-refractivity contribution in [2.24, 2.45) is 13.0 Å². The smallest absolute Gasteiger partial charge is 0.393 e. The van der Waals surface area contributed by atoms with Crippen LogP contribution in [-0.2, 0) is 7.05 Å². The van der Waals surface area contributed by atoms with Crippen LogP contribution in [0.15, 0.2) is 11.1 Å². The molecule has 0 saturated heterocycles. The number of hydrogen-bond acceptors (Lipinski definition) is 3. The van der Waals surface area contributed by atoms with Gasteiger partial charge >= 0.3 is 11.9 Å². The summed E-state index contributed by atoms with van der Waals surface area (Å²) in [5.74, 6) is -1.63. The third-order valence-electron chi connectivity index (χ3n) is 3.37. The number of aryl methyl sites for hydroxylation is 1. The summed E-state index contributed by atoms with van der Waals surface area (Å²) in [7, 11) is 1.42. The van der Waals surface area contributed by atoms with Crippen LogP contribution in [0, 0.1) is 5.92 Å². The monoisotopic (exact) mass is 265 g/mol. The fourth-order valence-electron chi connectivity index (χ4n) is 2.40. The van der Waals surface area contributed by atoms with Crippen LogP contribution in [0.25, 0.3) is 0 Å². The summed E-state index contributed by atoms with van der Waals surface area (Å²) in [4.78, 5) is 11.7. The third-order valence-corrected chi connectivity index (χ3v) is 3.37. The SMILES string of the molecule is Cn1cnn(C2CC(O)CCC2C(F)(F)F)c1=O. The minimum Gasteiger partial charge on any atom is -0.393 e. The number of aromatic nitrogens is 3. The van der Waals surface area contributed by atoms with Gasteiger partial charge in [-0.25, -0.2) is 9.48 Å². The van der Waals surface area contributed by atoms with Crippen molar-refractivity contribution in [3.8, 4) is 0 Å². The first-order valence-electron chi connectivity index (χ1n) is 5.65. The lowest BCUT2D eigenvalue weighted by molar-refractivity contribution is -0.200. The highest BCUT2D eigenvalue weighted by molar-refractivity contribution is 4.88. The van der Waals surface area contributed by atoms with Crippen LogP contribution in [0.1, 0.15) is 25.3 Å². The molecule has 8 heteroatoms. The predicted octanol–water partition coefficient (Wildman–Crippen LogP) is 0.846. The predicted molar refractivity (Wildman–Crippen MR) is 55.9 cm³/mol.